The Hall–Kier alpha value is 0.1000. The Labute approximate surface area is 96.8 Å². The highest BCUT2D eigenvalue weighted by molar-refractivity contribution is 9.10. The van der Waals surface area contributed by atoms with E-state index in [1.54, 1.807) is 11.3 Å². The highest BCUT2D eigenvalue weighted by Gasteiger charge is 2.28. The first-order valence-electron chi connectivity index (χ1n) is 4.74. The summed E-state index contributed by atoms with van der Waals surface area (Å²) in [5, 5.41) is 5.66. The molecule has 1 N–H and O–H groups in total. The average molecular weight is 276 g/mol. The molecule has 0 spiro atoms. The number of halogens is 1. The van der Waals surface area contributed by atoms with Gasteiger partial charge in [-0.15, -0.1) is 11.3 Å². The van der Waals surface area contributed by atoms with Crippen LogP contribution >= 0.6 is 27.3 Å². The molecule has 1 saturated heterocycles. The van der Waals surface area contributed by atoms with E-state index in [4.69, 9.17) is 4.74 Å². The average Bonchev–Trinajstić information content (AvgIpc) is 2.73. The lowest BCUT2D eigenvalue weighted by molar-refractivity contribution is 0.171. The summed E-state index contributed by atoms with van der Waals surface area (Å²) in [7, 11) is 0. The minimum atomic E-state index is 0.170. The van der Waals surface area contributed by atoms with Gasteiger partial charge in [-0.25, -0.2) is 0 Å². The molecule has 1 fully saturated rings. The predicted molar refractivity (Wildman–Crippen MR) is 62.7 cm³/mol. The molecule has 0 bridgehead atoms. The van der Waals surface area contributed by atoms with Crippen molar-refractivity contribution in [1.82, 2.24) is 5.32 Å². The summed E-state index contributed by atoms with van der Waals surface area (Å²) in [6, 6.07) is 2.09. The second kappa shape index (κ2) is 4.31. The molecule has 0 amide bonds. The van der Waals surface area contributed by atoms with Gasteiger partial charge < -0.3 is 10.1 Å². The number of ether oxygens (including phenoxy) is 1. The van der Waals surface area contributed by atoms with Crippen LogP contribution in [0.5, 0.6) is 0 Å². The highest BCUT2D eigenvalue weighted by atomic mass is 79.9. The third-order valence-electron chi connectivity index (χ3n) is 2.59. The van der Waals surface area contributed by atoms with Gasteiger partial charge in [0.1, 0.15) is 0 Å². The molecule has 0 saturated carbocycles. The smallest absolute Gasteiger partial charge is 0.0646 e. The Balaban J connectivity index is 1.91. The largest absolute Gasteiger partial charge is 0.379 e. The van der Waals surface area contributed by atoms with Gasteiger partial charge in [0, 0.05) is 28.0 Å². The van der Waals surface area contributed by atoms with Crippen LogP contribution < -0.4 is 5.32 Å². The monoisotopic (exact) mass is 275 g/mol. The molecule has 1 aromatic heterocycles. The zero-order valence-electron chi connectivity index (χ0n) is 8.18. The Morgan fingerprint density at radius 2 is 2.57 bits per heavy atom. The lowest BCUT2D eigenvalue weighted by atomic mass is 10.0. The Morgan fingerprint density at radius 3 is 3.14 bits per heavy atom. The summed E-state index contributed by atoms with van der Waals surface area (Å²) >= 11 is 5.31. The van der Waals surface area contributed by atoms with E-state index < -0.39 is 0 Å². The van der Waals surface area contributed by atoms with Gasteiger partial charge in [0.2, 0.25) is 0 Å². The van der Waals surface area contributed by atoms with E-state index in [1.165, 1.54) is 9.35 Å². The molecule has 2 nitrogen and oxygen atoms in total. The molecule has 4 heteroatoms. The molecular formula is C10H14BrNOS. The van der Waals surface area contributed by atoms with Gasteiger partial charge in [-0.05, 0) is 40.7 Å². The van der Waals surface area contributed by atoms with E-state index in [9.17, 15) is 0 Å². The van der Waals surface area contributed by atoms with E-state index in [-0.39, 0.29) is 5.54 Å². The van der Waals surface area contributed by atoms with Crippen LogP contribution in [-0.4, -0.2) is 18.8 Å². The van der Waals surface area contributed by atoms with E-state index in [2.05, 4.69) is 39.6 Å². The van der Waals surface area contributed by atoms with Crippen molar-refractivity contribution in [3.05, 3.63) is 20.8 Å². The van der Waals surface area contributed by atoms with Gasteiger partial charge in [-0.1, -0.05) is 0 Å². The van der Waals surface area contributed by atoms with Crippen LogP contribution in [0.1, 0.15) is 18.2 Å². The van der Waals surface area contributed by atoms with Crippen LogP contribution in [0.15, 0.2) is 15.9 Å². The van der Waals surface area contributed by atoms with Crippen molar-refractivity contribution < 1.29 is 4.74 Å². The minimum Gasteiger partial charge on any atom is -0.379 e. The van der Waals surface area contributed by atoms with Crippen molar-refractivity contribution in [3.63, 3.8) is 0 Å². The van der Waals surface area contributed by atoms with E-state index >= 15 is 0 Å². The maximum absolute atomic E-state index is 5.39. The zero-order valence-corrected chi connectivity index (χ0v) is 10.6. The maximum Gasteiger partial charge on any atom is 0.0646 e. The topological polar surface area (TPSA) is 21.3 Å². The van der Waals surface area contributed by atoms with Crippen LogP contribution in [0.2, 0.25) is 0 Å². The van der Waals surface area contributed by atoms with Crippen molar-refractivity contribution in [2.24, 2.45) is 0 Å². The highest BCUT2D eigenvalue weighted by Crippen LogP contribution is 2.24. The fourth-order valence-electron chi connectivity index (χ4n) is 1.55. The first-order chi connectivity index (χ1) is 6.70. The van der Waals surface area contributed by atoms with Crippen molar-refractivity contribution in [2.45, 2.75) is 25.4 Å². The fourth-order valence-corrected chi connectivity index (χ4v) is 2.98. The molecule has 0 aliphatic carbocycles. The van der Waals surface area contributed by atoms with Gasteiger partial charge >= 0.3 is 0 Å². The molecule has 14 heavy (non-hydrogen) atoms. The third kappa shape index (κ3) is 2.37. The first-order valence-corrected chi connectivity index (χ1v) is 6.42. The number of hydrogen-bond acceptors (Lipinski definition) is 3. The number of nitrogens with one attached hydrogen (secondary N) is 1. The van der Waals surface area contributed by atoms with Crippen LogP contribution in [0, 0.1) is 0 Å². The second-order valence-corrected chi connectivity index (χ2v) is 5.76. The van der Waals surface area contributed by atoms with Gasteiger partial charge in [-0.2, -0.15) is 0 Å². The molecule has 1 aromatic rings. The predicted octanol–water partition coefficient (Wildman–Crippen LogP) is 2.78. The van der Waals surface area contributed by atoms with Gasteiger partial charge in [0.05, 0.1) is 6.61 Å². The summed E-state index contributed by atoms with van der Waals surface area (Å²) in [4.78, 5) is 1.36. The molecule has 2 rings (SSSR count). The fraction of sp³-hybridized carbons (Fsp3) is 0.600. The van der Waals surface area contributed by atoms with Crippen LogP contribution in [0.3, 0.4) is 0 Å². The van der Waals surface area contributed by atoms with Gasteiger partial charge in [-0.3, -0.25) is 0 Å². The van der Waals surface area contributed by atoms with E-state index in [0.717, 1.165) is 26.2 Å². The first kappa shape index (κ1) is 10.6. The quantitative estimate of drug-likeness (QED) is 0.916. The summed E-state index contributed by atoms with van der Waals surface area (Å²) in [5.41, 5.74) is 0.170. The number of hydrogen-bond donors (Lipinski definition) is 1. The minimum absolute atomic E-state index is 0.170. The third-order valence-corrected chi connectivity index (χ3v) is 4.51. The number of thiophene rings is 1. The van der Waals surface area contributed by atoms with E-state index in [1.807, 2.05) is 0 Å². The zero-order chi connectivity index (χ0) is 10.0. The maximum atomic E-state index is 5.39. The van der Waals surface area contributed by atoms with Crippen LogP contribution in [0.4, 0.5) is 0 Å². The normalized spacial score (nSPS) is 27.0. The lowest BCUT2D eigenvalue weighted by Crippen LogP contribution is -2.42. The SMILES string of the molecule is CC1(NCc2sccc2Br)CCOC1. The number of rotatable bonds is 3. The Morgan fingerprint density at radius 1 is 1.71 bits per heavy atom. The van der Waals surface area contributed by atoms with Crippen LogP contribution in [0.25, 0.3) is 0 Å². The summed E-state index contributed by atoms with van der Waals surface area (Å²) in [5.74, 6) is 0. The van der Waals surface area contributed by atoms with Gasteiger partial charge in [0.25, 0.3) is 0 Å². The summed E-state index contributed by atoms with van der Waals surface area (Å²) in [6.07, 6.45) is 1.11. The van der Waals surface area contributed by atoms with Crippen molar-refractivity contribution >= 4 is 27.3 Å². The molecule has 0 radical (unpaired) electrons. The summed E-state index contributed by atoms with van der Waals surface area (Å²) in [6.45, 7) is 4.87. The molecule has 1 aliphatic heterocycles. The van der Waals surface area contributed by atoms with Crippen molar-refractivity contribution in [3.8, 4) is 0 Å². The van der Waals surface area contributed by atoms with E-state index in [0.29, 0.717) is 0 Å². The lowest BCUT2D eigenvalue weighted by Gasteiger charge is -2.23. The van der Waals surface area contributed by atoms with Gasteiger partial charge in [0.15, 0.2) is 0 Å². The molecule has 2 heterocycles. The standard InChI is InChI=1S/C10H14BrNOS/c1-10(3-4-13-7-10)12-6-9-8(11)2-5-14-9/h2,5,12H,3-4,6-7H2,1H3. The Kier molecular flexibility index (Phi) is 3.27. The van der Waals surface area contributed by atoms with Crippen molar-refractivity contribution in [2.75, 3.05) is 13.2 Å². The molecular weight excluding hydrogens is 262 g/mol. The van der Waals surface area contributed by atoms with Crippen molar-refractivity contribution in [1.29, 1.82) is 0 Å². The molecule has 1 atom stereocenters. The summed E-state index contributed by atoms with van der Waals surface area (Å²) < 4.78 is 6.60. The molecule has 0 aromatic carbocycles. The van der Waals surface area contributed by atoms with Crippen LogP contribution in [-0.2, 0) is 11.3 Å². The molecule has 1 aliphatic rings. The Bertz CT molecular complexity index is 307. The molecule has 78 valence electrons. The second-order valence-electron chi connectivity index (χ2n) is 3.91. The molecule has 1 unspecified atom stereocenters.